The second-order valence-electron chi connectivity index (χ2n) is 5.75. The quantitative estimate of drug-likeness (QED) is 0.887. The van der Waals surface area contributed by atoms with Gasteiger partial charge in [0.05, 0.1) is 12.5 Å². The molecule has 2 rings (SSSR count). The Hall–Kier alpha value is -0.940. The van der Waals surface area contributed by atoms with Gasteiger partial charge >= 0.3 is 0 Å². The van der Waals surface area contributed by atoms with E-state index in [-0.39, 0.29) is 5.92 Å². The van der Waals surface area contributed by atoms with Crippen LogP contribution in [0.5, 0.6) is 0 Å². The fraction of sp³-hybridized carbons (Fsp3) is 0.857. The summed E-state index contributed by atoms with van der Waals surface area (Å²) >= 11 is 0. The zero-order chi connectivity index (χ0) is 13.8. The molecule has 108 valence electrons. The molecule has 19 heavy (non-hydrogen) atoms. The predicted octanol–water partition coefficient (Wildman–Crippen LogP) is 2.31. The molecule has 2 heterocycles. The molecule has 3 atom stereocenters. The molecule has 1 aliphatic heterocycles. The van der Waals surface area contributed by atoms with Crippen LogP contribution in [0.25, 0.3) is 0 Å². The minimum absolute atomic E-state index is 0.246. The number of likely N-dealkylation sites (N-methyl/N-ethyl adjacent to an activating group) is 1. The van der Waals surface area contributed by atoms with E-state index < -0.39 is 0 Å². The Bertz CT molecular complexity index is 386. The van der Waals surface area contributed by atoms with Gasteiger partial charge < -0.3 is 14.6 Å². The number of hydrogen-bond donors (Lipinski definition) is 1. The molecule has 0 aromatic carbocycles. The lowest BCUT2D eigenvalue weighted by atomic mass is 9.89. The molecule has 1 aromatic heterocycles. The van der Waals surface area contributed by atoms with E-state index in [0.29, 0.717) is 24.5 Å². The van der Waals surface area contributed by atoms with Crippen LogP contribution < -0.4 is 5.32 Å². The fourth-order valence-electron chi connectivity index (χ4n) is 2.75. The van der Waals surface area contributed by atoms with Gasteiger partial charge in [0.2, 0.25) is 5.89 Å². The lowest BCUT2D eigenvalue weighted by molar-refractivity contribution is 0.0773. The van der Waals surface area contributed by atoms with Crippen LogP contribution in [0.4, 0.5) is 0 Å². The monoisotopic (exact) mass is 267 g/mol. The first-order chi connectivity index (χ1) is 9.13. The Morgan fingerprint density at radius 2 is 2.11 bits per heavy atom. The Labute approximate surface area is 115 Å². The highest BCUT2D eigenvalue weighted by Gasteiger charge is 2.29. The van der Waals surface area contributed by atoms with Crippen molar-refractivity contribution in [3.05, 3.63) is 11.7 Å². The highest BCUT2D eigenvalue weighted by Crippen LogP contribution is 2.29. The second kappa shape index (κ2) is 6.48. The van der Waals surface area contributed by atoms with Gasteiger partial charge in [0.25, 0.3) is 0 Å². The number of ether oxygens (including phenoxy) is 1. The van der Waals surface area contributed by atoms with Crippen LogP contribution in [0.15, 0.2) is 4.52 Å². The van der Waals surface area contributed by atoms with E-state index in [0.717, 1.165) is 31.2 Å². The van der Waals surface area contributed by atoms with Gasteiger partial charge in [-0.3, -0.25) is 0 Å². The maximum atomic E-state index is 5.51. The van der Waals surface area contributed by atoms with Crippen molar-refractivity contribution in [2.75, 3.05) is 20.3 Å². The molecular weight excluding hydrogens is 242 g/mol. The summed E-state index contributed by atoms with van der Waals surface area (Å²) in [5, 5.41) is 7.45. The maximum Gasteiger partial charge on any atom is 0.231 e. The van der Waals surface area contributed by atoms with Gasteiger partial charge in [-0.05, 0) is 32.7 Å². The zero-order valence-corrected chi connectivity index (χ0v) is 12.3. The van der Waals surface area contributed by atoms with E-state index in [1.165, 1.54) is 0 Å². The van der Waals surface area contributed by atoms with Crippen molar-refractivity contribution in [2.45, 2.75) is 51.5 Å². The average molecular weight is 267 g/mol. The van der Waals surface area contributed by atoms with Gasteiger partial charge in [-0.25, -0.2) is 0 Å². The lowest BCUT2D eigenvalue weighted by Gasteiger charge is -2.23. The lowest BCUT2D eigenvalue weighted by Crippen LogP contribution is -2.32. The molecule has 1 saturated heterocycles. The molecule has 3 unspecified atom stereocenters. The largest absolute Gasteiger partial charge is 0.381 e. The van der Waals surface area contributed by atoms with E-state index in [4.69, 9.17) is 9.26 Å². The Morgan fingerprint density at radius 3 is 2.68 bits per heavy atom. The number of rotatable bonds is 5. The SMILES string of the molecule is CNC(C)C(c1nc(C2CCCOC2)no1)C(C)C. The molecule has 1 fully saturated rings. The molecule has 0 bridgehead atoms. The van der Waals surface area contributed by atoms with E-state index in [1.54, 1.807) is 0 Å². The second-order valence-corrected chi connectivity index (χ2v) is 5.75. The summed E-state index contributed by atoms with van der Waals surface area (Å²) in [4.78, 5) is 4.63. The van der Waals surface area contributed by atoms with E-state index in [2.05, 4.69) is 36.2 Å². The van der Waals surface area contributed by atoms with Crippen molar-refractivity contribution < 1.29 is 9.26 Å². The van der Waals surface area contributed by atoms with Crippen molar-refractivity contribution in [3.63, 3.8) is 0 Å². The molecule has 1 aliphatic rings. The van der Waals surface area contributed by atoms with Crippen LogP contribution in [-0.4, -0.2) is 36.4 Å². The van der Waals surface area contributed by atoms with Gasteiger partial charge in [0, 0.05) is 18.6 Å². The Balaban J connectivity index is 2.13. The van der Waals surface area contributed by atoms with Gasteiger partial charge in [-0.2, -0.15) is 4.98 Å². The molecule has 0 saturated carbocycles. The van der Waals surface area contributed by atoms with Gasteiger partial charge in [0.1, 0.15) is 0 Å². The third-order valence-corrected chi connectivity index (χ3v) is 3.98. The van der Waals surface area contributed by atoms with Crippen molar-refractivity contribution in [1.82, 2.24) is 15.5 Å². The summed E-state index contributed by atoms with van der Waals surface area (Å²) in [6.45, 7) is 8.09. The van der Waals surface area contributed by atoms with Crippen LogP contribution in [0, 0.1) is 5.92 Å². The van der Waals surface area contributed by atoms with Crippen LogP contribution >= 0.6 is 0 Å². The predicted molar refractivity (Wildman–Crippen MR) is 73.2 cm³/mol. The molecule has 1 N–H and O–H groups in total. The number of nitrogens with zero attached hydrogens (tertiary/aromatic N) is 2. The highest BCUT2D eigenvalue weighted by atomic mass is 16.5. The van der Waals surface area contributed by atoms with Crippen molar-refractivity contribution in [1.29, 1.82) is 0 Å². The van der Waals surface area contributed by atoms with Crippen LogP contribution in [0.3, 0.4) is 0 Å². The molecule has 0 spiro atoms. The standard InChI is InChI=1S/C14H25N3O2/c1-9(2)12(10(3)15-4)14-16-13(17-19-14)11-6-5-7-18-8-11/h9-12,15H,5-8H2,1-4H3. The van der Waals surface area contributed by atoms with E-state index in [1.807, 2.05) is 7.05 Å². The zero-order valence-electron chi connectivity index (χ0n) is 12.3. The first-order valence-electron chi connectivity index (χ1n) is 7.22. The Morgan fingerprint density at radius 1 is 1.32 bits per heavy atom. The summed E-state index contributed by atoms with van der Waals surface area (Å²) in [6.07, 6.45) is 2.17. The molecule has 0 aliphatic carbocycles. The highest BCUT2D eigenvalue weighted by molar-refractivity contribution is 5.03. The fourth-order valence-corrected chi connectivity index (χ4v) is 2.75. The van der Waals surface area contributed by atoms with Gasteiger partial charge in [-0.15, -0.1) is 0 Å². The molecule has 5 nitrogen and oxygen atoms in total. The molecule has 0 amide bonds. The summed E-state index contributed by atoms with van der Waals surface area (Å²) in [5.74, 6) is 2.55. The first-order valence-corrected chi connectivity index (χ1v) is 7.22. The third kappa shape index (κ3) is 3.34. The van der Waals surface area contributed by atoms with E-state index >= 15 is 0 Å². The number of aromatic nitrogens is 2. The van der Waals surface area contributed by atoms with Crippen LogP contribution in [-0.2, 0) is 4.74 Å². The normalized spacial score (nSPS) is 23.5. The minimum Gasteiger partial charge on any atom is -0.381 e. The molecule has 5 heteroatoms. The summed E-state index contributed by atoms with van der Waals surface area (Å²) in [7, 11) is 1.96. The minimum atomic E-state index is 0.246. The smallest absolute Gasteiger partial charge is 0.231 e. The number of hydrogen-bond acceptors (Lipinski definition) is 5. The summed E-state index contributed by atoms with van der Waals surface area (Å²) in [5.41, 5.74) is 0. The van der Waals surface area contributed by atoms with Crippen molar-refractivity contribution >= 4 is 0 Å². The summed E-state index contributed by atoms with van der Waals surface area (Å²) in [6, 6.07) is 0.316. The molecule has 0 radical (unpaired) electrons. The third-order valence-electron chi connectivity index (χ3n) is 3.98. The van der Waals surface area contributed by atoms with Crippen molar-refractivity contribution in [3.8, 4) is 0 Å². The average Bonchev–Trinajstić information content (AvgIpc) is 2.88. The molecular formula is C14H25N3O2. The van der Waals surface area contributed by atoms with Crippen LogP contribution in [0.1, 0.15) is 57.2 Å². The van der Waals surface area contributed by atoms with Gasteiger partial charge in [0.15, 0.2) is 5.82 Å². The maximum absolute atomic E-state index is 5.51. The molecule has 1 aromatic rings. The van der Waals surface area contributed by atoms with E-state index in [9.17, 15) is 0 Å². The topological polar surface area (TPSA) is 60.2 Å². The first kappa shape index (κ1) is 14.5. The summed E-state index contributed by atoms with van der Waals surface area (Å²) < 4.78 is 11.0. The Kier molecular flexibility index (Phi) is 4.93. The van der Waals surface area contributed by atoms with Crippen molar-refractivity contribution in [2.24, 2.45) is 5.92 Å². The number of nitrogens with one attached hydrogen (secondary N) is 1. The van der Waals surface area contributed by atoms with Crippen LogP contribution in [0.2, 0.25) is 0 Å². The van der Waals surface area contributed by atoms with Gasteiger partial charge in [-0.1, -0.05) is 19.0 Å².